The molecular formula is C13H16ClNO5. The van der Waals surface area contributed by atoms with Crippen LogP contribution in [0.15, 0.2) is 24.3 Å². The van der Waals surface area contributed by atoms with Gasteiger partial charge < -0.3 is 20.3 Å². The second-order valence-corrected chi connectivity index (χ2v) is 4.57. The quantitative estimate of drug-likeness (QED) is 0.700. The molecule has 3 N–H and O–H groups in total. The monoisotopic (exact) mass is 301 g/mol. The summed E-state index contributed by atoms with van der Waals surface area (Å²) in [6.45, 7) is 1.16. The number of halogens is 1. The normalized spacial score (nSPS) is 13.3. The fourth-order valence-electron chi connectivity index (χ4n) is 1.47. The van der Waals surface area contributed by atoms with Gasteiger partial charge in [-0.15, -0.1) is 0 Å². The first kappa shape index (κ1) is 16.3. The standard InChI is InChI=1S/C13H16ClNO5/c1-8(20-10-4-2-3-9(14)7-10)12(17)15-11(5-6-16)13(18)19/h2-4,7-8,11,16H,5-6H2,1H3,(H,15,17)(H,18,19). The lowest BCUT2D eigenvalue weighted by atomic mass is 10.2. The van der Waals surface area contributed by atoms with Crippen LogP contribution in [0.2, 0.25) is 5.02 Å². The van der Waals surface area contributed by atoms with E-state index in [9.17, 15) is 9.59 Å². The summed E-state index contributed by atoms with van der Waals surface area (Å²) in [4.78, 5) is 22.7. The van der Waals surface area contributed by atoms with Crippen molar-refractivity contribution >= 4 is 23.5 Å². The minimum Gasteiger partial charge on any atom is -0.481 e. The molecule has 0 saturated carbocycles. The van der Waals surface area contributed by atoms with Gasteiger partial charge in [0.05, 0.1) is 0 Å². The Kier molecular flexibility index (Phi) is 6.27. The van der Waals surface area contributed by atoms with E-state index in [1.165, 1.54) is 6.92 Å². The molecule has 1 aromatic carbocycles. The minimum absolute atomic E-state index is 0.0645. The zero-order chi connectivity index (χ0) is 15.1. The SMILES string of the molecule is CC(Oc1cccc(Cl)c1)C(=O)NC(CCO)C(=O)O. The van der Waals surface area contributed by atoms with Crippen molar-refractivity contribution in [3.63, 3.8) is 0 Å². The van der Waals surface area contributed by atoms with Crippen molar-refractivity contribution in [1.82, 2.24) is 5.32 Å². The molecule has 2 unspecified atom stereocenters. The number of carboxylic acid groups (broad SMARTS) is 1. The molecule has 0 radical (unpaired) electrons. The van der Waals surface area contributed by atoms with Gasteiger partial charge in [-0.2, -0.15) is 0 Å². The van der Waals surface area contributed by atoms with Gasteiger partial charge in [0, 0.05) is 18.1 Å². The molecular weight excluding hydrogens is 286 g/mol. The first-order valence-corrected chi connectivity index (χ1v) is 6.38. The summed E-state index contributed by atoms with van der Waals surface area (Å²) in [5.41, 5.74) is 0. The maximum Gasteiger partial charge on any atom is 0.326 e. The number of hydrogen-bond donors (Lipinski definition) is 3. The van der Waals surface area contributed by atoms with E-state index in [2.05, 4.69) is 5.32 Å². The molecule has 0 aliphatic heterocycles. The van der Waals surface area contributed by atoms with E-state index < -0.39 is 24.0 Å². The Balaban J connectivity index is 2.60. The third kappa shape index (κ3) is 5.07. The number of rotatable bonds is 7. The lowest BCUT2D eigenvalue weighted by molar-refractivity contribution is -0.143. The average molecular weight is 302 g/mol. The Morgan fingerprint density at radius 2 is 2.15 bits per heavy atom. The van der Waals surface area contributed by atoms with Crippen molar-refractivity contribution in [3.05, 3.63) is 29.3 Å². The number of nitrogens with one attached hydrogen (secondary N) is 1. The fourth-order valence-corrected chi connectivity index (χ4v) is 1.65. The van der Waals surface area contributed by atoms with Gasteiger partial charge in [0.2, 0.25) is 0 Å². The van der Waals surface area contributed by atoms with Crippen molar-refractivity contribution in [2.75, 3.05) is 6.61 Å². The van der Waals surface area contributed by atoms with Crippen LogP contribution in [0.1, 0.15) is 13.3 Å². The summed E-state index contributed by atoms with van der Waals surface area (Å²) in [5.74, 6) is -1.37. The van der Waals surface area contributed by atoms with Crippen molar-refractivity contribution < 1.29 is 24.5 Å². The number of aliphatic hydroxyl groups excluding tert-OH is 1. The van der Waals surface area contributed by atoms with Crippen LogP contribution >= 0.6 is 11.6 Å². The van der Waals surface area contributed by atoms with Gasteiger partial charge in [0.1, 0.15) is 11.8 Å². The van der Waals surface area contributed by atoms with Crippen LogP contribution < -0.4 is 10.1 Å². The lowest BCUT2D eigenvalue weighted by Gasteiger charge is -2.18. The van der Waals surface area contributed by atoms with Gasteiger partial charge in [-0.3, -0.25) is 4.79 Å². The van der Waals surface area contributed by atoms with E-state index in [1.54, 1.807) is 24.3 Å². The molecule has 110 valence electrons. The van der Waals surface area contributed by atoms with E-state index in [4.69, 9.17) is 26.6 Å². The third-order valence-corrected chi connectivity index (χ3v) is 2.75. The molecule has 0 aromatic heterocycles. The van der Waals surface area contributed by atoms with Crippen LogP contribution in [0.3, 0.4) is 0 Å². The number of carbonyl (C=O) groups excluding carboxylic acids is 1. The zero-order valence-corrected chi connectivity index (χ0v) is 11.6. The summed E-state index contributed by atoms with van der Waals surface area (Å²) < 4.78 is 5.36. The summed E-state index contributed by atoms with van der Waals surface area (Å²) in [5, 5.41) is 20.4. The van der Waals surface area contributed by atoms with Crippen LogP contribution in [0.4, 0.5) is 0 Å². The molecule has 0 saturated heterocycles. The summed E-state index contributed by atoms with van der Waals surface area (Å²) in [7, 11) is 0. The van der Waals surface area contributed by atoms with Crippen molar-refractivity contribution in [2.24, 2.45) is 0 Å². The number of carbonyl (C=O) groups is 2. The number of aliphatic carboxylic acids is 1. The molecule has 1 rings (SSSR count). The molecule has 2 atom stereocenters. The van der Waals surface area contributed by atoms with Crippen LogP contribution in [0.5, 0.6) is 5.75 Å². The van der Waals surface area contributed by atoms with E-state index in [0.717, 1.165) is 0 Å². The Morgan fingerprint density at radius 1 is 1.45 bits per heavy atom. The van der Waals surface area contributed by atoms with Crippen molar-refractivity contribution in [3.8, 4) is 5.75 Å². The molecule has 0 aliphatic rings. The Bertz CT molecular complexity index is 480. The molecule has 0 bridgehead atoms. The van der Waals surface area contributed by atoms with E-state index in [-0.39, 0.29) is 13.0 Å². The van der Waals surface area contributed by atoms with Crippen LogP contribution in [0, 0.1) is 0 Å². The maximum absolute atomic E-state index is 11.8. The smallest absolute Gasteiger partial charge is 0.326 e. The minimum atomic E-state index is -1.21. The average Bonchev–Trinajstić information content (AvgIpc) is 2.37. The topological polar surface area (TPSA) is 95.9 Å². The fraction of sp³-hybridized carbons (Fsp3) is 0.385. The lowest BCUT2D eigenvalue weighted by Crippen LogP contribution is -2.46. The van der Waals surface area contributed by atoms with Crippen molar-refractivity contribution in [2.45, 2.75) is 25.5 Å². The zero-order valence-electron chi connectivity index (χ0n) is 10.9. The summed E-state index contributed by atoms with van der Waals surface area (Å²) in [6, 6.07) is 5.39. The first-order valence-electron chi connectivity index (χ1n) is 6.00. The summed E-state index contributed by atoms with van der Waals surface area (Å²) in [6.07, 6.45) is -0.945. The number of ether oxygens (including phenoxy) is 1. The van der Waals surface area contributed by atoms with Crippen LogP contribution in [-0.4, -0.2) is 40.8 Å². The van der Waals surface area contributed by atoms with Gasteiger partial charge in [-0.05, 0) is 25.1 Å². The summed E-state index contributed by atoms with van der Waals surface area (Å²) >= 11 is 5.79. The van der Waals surface area contributed by atoms with Gasteiger partial charge in [-0.25, -0.2) is 4.79 Å². The number of aliphatic hydroxyl groups is 1. The molecule has 0 fully saturated rings. The van der Waals surface area contributed by atoms with Crippen LogP contribution in [0.25, 0.3) is 0 Å². The second kappa shape index (κ2) is 7.72. The molecule has 1 amide bonds. The second-order valence-electron chi connectivity index (χ2n) is 4.13. The van der Waals surface area contributed by atoms with Gasteiger partial charge in [0.15, 0.2) is 6.10 Å². The Hall–Kier alpha value is -1.79. The number of carboxylic acids is 1. The Morgan fingerprint density at radius 3 is 2.70 bits per heavy atom. The van der Waals surface area contributed by atoms with E-state index in [0.29, 0.717) is 10.8 Å². The molecule has 0 aliphatic carbocycles. The highest BCUT2D eigenvalue weighted by molar-refractivity contribution is 6.30. The van der Waals surface area contributed by atoms with Crippen molar-refractivity contribution in [1.29, 1.82) is 0 Å². The number of benzene rings is 1. The van der Waals surface area contributed by atoms with E-state index in [1.807, 2.05) is 0 Å². The molecule has 7 heteroatoms. The van der Waals surface area contributed by atoms with Gasteiger partial charge in [-0.1, -0.05) is 17.7 Å². The predicted octanol–water partition coefficient (Wildman–Crippen LogP) is 1.06. The molecule has 0 spiro atoms. The highest BCUT2D eigenvalue weighted by Crippen LogP contribution is 2.18. The maximum atomic E-state index is 11.8. The predicted molar refractivity (Wildman–Crippen MR) is 72.8 cm³/mol. The Labute approximate surface area is 121 Å². The van der Waals surface area contributed by atoms with Gasteiger partial charge >= 0.3 is 5.97 Å². The highest BCUT2D eigenvalue weighted by atomic mass is 35.5. The molecule has 6 nitrogen and oxygen atoms in total. The molecule has 1 aromatic rings. The third-order valence-electron chi connectivity index (χ3n) is 2.51. The number of amides is 1. The van der Waals surface area contributed by atoms with Gasteiger partial charge in [0.25, 0.3) is 5.91 Å². The molecule has 20 heavy (non-hydrogen) atoms. The largest absolute Gasteiger partial charge is 0.481 e. The first-order chi connectivity index (χ1) is 9.43. The van der Waals surface area contributed by atoms with E-state index >= 15 is 0 Å². The molecule has 0 heterocycles. The van der Waals surface area contributed by atoms with Crippen LogP contribution in [-0.2, 0) is 9.59 Å². The number of hydrogen-bond acceptors (Lipinski definition) is 4. The highest BCUT2D eigenvalue weighted by Gasteiger charge is 2.23.